The molecule has 35 heavy (non-hydrogen) atoms. The van der Waals surface area contributed by atoms with Gasteiger partial charge in [-0.25, -0.2) is 0 Å². The molecule has 0 spiro atoms. The number of nitrogens with one attached hydrogen (secondary N) is 3. The fraction of sp³-hybridized carbons (Fsp3) is 0.407. The molecule has 8 nitrogen and oxygen atoms in total. The summed E-state index contributed by atoms with van der Waals surface area (Å²) in [4.78, 5) is 43.5. The lowest BCUT2D eigenvalue weighted by Crippen LogP contribution is -2.45. The molecule has 0 saturated heterocycles. The van der Waals surface area contributed by atoms with Crippen molar-refractivity contribution in [2.45, 2.75) is 46.6 Å². The van der Waals surface area contributed by atoms with Crippen LogP contribution in [-0.4, -0.2) is 40.7 Å². The molecule has 3 unspecified atom stereocenters. The van der Waals surface area contributed by atoms with Gasteiger partial charge in [-0.15, -0.1) is 0 Å². The summed E-state index contributed by atoms with van der Waals surface area (Å²) in [6.07, 6.45) is 7.31. The molecule has 3 N–H and O–H groups in total. The number of nitrogens with zero attached hydrogens (tertiary/aromatic N) is 2. The van der Waals surface area contributed by atoms with E-state index in [0.29, 0.717) is 23.5 Å². The highest BCUT2D eigenvalue weighted by Crippen LogP contribution is 2.29. The molecule has 8 heteroatoms. The van der Waals surface area contributed by atoms with E-state index >= 15 is 0 Å². The van der Waals surface area contributed by atoms with Gasteiger partial charge in [0.05, 0.1) is 12.0 Å². The maximum atomic E-state index is 13.5. The standard InChI is InChI=1S/C27H35N5O3/c1-8-11-18-13-24(29-17(18)6)31-26(34)22(12-16(4)5)27(35)32(7)19(15-28)14-21-20(9-2)23(10-3)30-25(21)33/h8-11,13,16,19,21-22,29H,2-3,12,14H2,1,4-7H3,(H,30,33)(H,31,34)/b11-8-. The summed E-state index contributed by atoms with van der Waals surface area (Å²) in [6.45, 7) is 15.1. The SMILES string of the molecule is C=CC1=C(C=C)C(CC(C#N)N(C)C(=O)C(CC(C)C)C(=O)Nc2cc(/C=C\C)c(C)[nH]2)C(=O)N1. The van der Waals surface area contributed by atoms with Crippen molar-refractivity contribution in [2.24, 2.45) is 17.8 Å². The molecular weight excluding hydrogens is 442 g/mol. The Hall–Kier alpha value is -3.86. The van der Waals surface area contributed by atoms with Gasteiger partial charge in [0.25, 0.3) is 0 Å². The zero-order chi connectivity index (χ0) is 26.3. The fourth-order valence-corrected chi connectivity index (χ4v) is 4.20. The van der Waals surface area contributed by atoms with Crippen LogP contribution in [0.25, 0.3) is 6.08 Å². The van der Waals surface area contributed by atoms with Gasteiger partial charge in [-0.3, -0.25) is 14.4 Å². The van der Waals surface area contributed by atoms with Gasteiger partial charge < -0.3 is 20.5 Å². The number of amides is 3. The topological polar surface area (TPSA) is 118 Å². The molecule has 2 rings (SSSR count). The second-order valence-corrected chi connectivity index (χ2v) is 9.08. The Morgan fingerprint density at radius 1 is 1.31 bits per heavy atom. The third kappa shape index (κ3) is 6.38. The number of nitriles is 1. The Balaban J connectivity index is 2.24. The van der Waals surface area contributed by atoms with E-state index in [0.717, 1.165) is 11.3 Å². The van der Waals surface area contributed by atoms with Crippen LogP contribution >= 0.6 is 0 Å². The normalized spacial score (nSPS) is 17.2. The number of hydrogen-bond donors (Lipinski definition) is 3. The highest BCUT2D eigenvalue weighted by molar-refractivity contribution is 6.06. The van der Waals surface area contributed by atoms with Gasteiger partial charge in [0.1, 0.15) is 17.8 Å². The number of aromatic nitrogens is 1. The van der Waals surface area contributed by atoms with E-state index in [1.54, 1.807) is 6.08 Å². The van der Waals surface area contributed by atoms with Gasteiger partial charge in [0, 0.05) is 18.4 Å². The Labute approximate surface area is 207 Å². The molecule has 0 aromatic carbocycles. The number of aryl methyl sites for hydroxylation is 1. The summed E-state index contributed by atoms with van der Waals surface area (Å²) in [7, 11) is 1.50. The van der Waals surface area contributed by atoms with Crippen molar-refractivity contribution in [3.63, 3.8) is 0 Å². The van der Waals surface area contributed by atoms with Crippen LogP contribution in [0.15, 0.2) is 48.7 Å². The molecule has 0 fully saturated rings. The molecule has 1 aliphatic rings. The Morgan fingerprint density at radius 3 is 2.54 bits per heavy atom. The molecule has 0 aliphatic carbocycles. The number of carbonyl (C=O) groups is 3. The predicted octanol–water partition coefficient (Wildman–Crippen LogP) is 4.07. The first kappa shape index (κ1) is 27.4. The Morgan fingerprint density at radius 2 is 2.00 bits per heavy atom. The predicted molar refractivity (Wildman–Crippen MR) is 138 cm³/mol. The van der Waals surface area contributed by atoms with Gasteiger partial charge in [-0.05, 0) is 55.9 Å². The summed E-state index contributed by atoms with van der Waals surface area (Å²) in [5.74, 6) is -2.23. The van der Waals surface area contributed by atoms with Crippen LogP contribution in [0.5, 0.6) is 0 Å². The highest BCUT2D eigenvalue weighted by Gasteiger charge is 2.37. The molecule has 2 heterocycles. The van der Waals surface area contributed by atoms with E-state index in [1.165, 1.54) is 18.0 Å². The largest absolute Gasteiger partial charge is 0.345 e. The zero-order valence-electron chi connectivity index (χ0n) is 21.1. The van der Waals surface area contributed by atoms with Crippen LogP contribution in [-0.2, 0) is 14.4 Å². The van der Waals surface area contributed by atoms with E-state index in [9.17, 15) is 19.6 Å². The number of anilines is 1. The van der Waals surface area contributed by atoms with Crippen LogP contribution in [0.2, 0.25) is 0 Å². The lowest BCUT2D eigenvalue weighted by atomic mass is 9.90. The summed E-state index contributed by atoms with van der Waals surface area (Å²) in [5, 5.41) is 15.4. The zero-order valence-corrected chi connectivity index (χ0v) is 21.1. The maximum Gasteiger partial charge on any atom is 0.238 e. The van der Waals surface area contributed by atoms with Crippen molar-refractivity contribution in [1.29, 1.82) is 5.26 Å². The van der Waals surface area contributed by atoms with Gasteiger partial charge in [-0.2, -0.15) is 5.26 Å². The molecule has 1 aromatic heterocycles. The quantitative estimate of drug-likeness (QED) is 0.416. The number of aromatic amines is 1. The number of rotatable bonds is 11. The van der Waals surface area contributed by atoms with Crippen molar-refractivity contribution in [1.82, 2.24) is 15.2 Å². The van der Waals surface area contributed by atoms with E-state index in [2.05, 4.69) is 34.8 Å². The van der Waals surface area contributed by atoms with Crippen LogP contribution in [0.1, 0.15) is 44.9 Å². The molecule has 0 radical (unpaired) electrons. The van der Waals surface area contributed by atoms with Crippen molar-refractivity contribution in [2.75, 3.05) is 12.4 Å². The van der Waals surface area contributed by atoms with E-state index in [4.69, 9.17) is 0 Å². The molecule has 186 valence electrons. The monoisotopic (exact) mass is 477 g/mol. The van der Waals surface area contributed by atoms with E-state index in [1.807, 2.05) is 45.9 Å². The van der Waals surface area contributed by atoms with E-state index in [-0.39, 0.29) is 18.2 Å². The minimum atomic E-state index is -0.986. The maximum absolute atomic E-state index is 13.5. The first-order valence-electron chi connectivity index (χ1n) is 11.7. The van der Waals surface area contributed by atoms with Crippen LogP contribution in [0.3, 0.4) is 0 Å². The van der Waals surface area contributed by atoms with E-state index < -0.39 is 29.7 Å². The first-order valence-corrected chi connectivity index (χ1v) is 11.7. The second-order valence-electron chi connectivity index (χ2n) is 9.08. The van der Waals surface area contributed by atoms with Gasteiger partial charge in [0.15, 0.2) is 0 Å². The lowest BCUT2D eigenvalue weighted by Gasteiger charge is -2.29. The minimum absolute atomic E-state index is 0.0682. The van der Waals surface area contributed by atoms with Gasteiger partial charge in [-0.1, -0.05) is 45.2 Å². The summed E-state index contributed by atoms with van der Waals surface area (Å²) in [6, 6.07) is 3.03. The number of allylic oxidation sites excluding steroid dienone is 3. The third-order valence-electron chi connectivity index (χ3n) is 6.09. The molecule has 3 atom stereocenters. The molecular formula is C27H35N5O3. The minimum Gasteiger partial charge on any atom is -0.345 e. The van der Waals surface area contributed by atoms with Gasteiger partial charge >= 0.3 is 0 Å². The lowest BCUT2D eigenvalue weighted by molar-refractivity contribution is -0.141. The van der Waals surface area contributed by atoms with Crippen molar-refractivity contribution >= 4 is 29.6 Å². The molecule has 1 aromatic rings. The van der Waals surface area contributed by atoms with Crippen LogP contribution in [0, 0.1) is 36.0 Å². The summed E-state index contributed by atoms with van der Waals surface area (Å²) in [5.41, 5.74) is 3.03. The fourth-order valence-electron chi connectivity index (χ4n) is 4.20. The first-order chi connectivity index (χ1) is 16.6. The number of hydrogen-bond acceptors (Lipinski definition) is 4. The van der Waals surface area contributed by atoms with Gasteiger partial charge in [0.2, 0.25) is 17.7 Å². The summed E-state index contributed by atoms with van der Waals surface area (Å²) >= 11 is 0. The molecule has 1 aliphatic heterocycles. The Kier molecular flexibility index (Phi) is 9.41. The average Bonchev–Trinajstić information content (AvgIpc) is 3.32. The number of H-pyrrole nitrogens is 1. The average molecular weight is 478 g/mol. The number of carbonyl (C=O) groups excluding carboxylic acids is 3. The van der Waals surface area contributed by atoms with Crippen molar-refractivity contribution in [3.8, 4) is 6.07 Å². The second kappa shape index (κ2) is 12.0. The smallest absolute Gasteiger partial charge is 0.238 e. The third-order valence-corrected chi connectivity index (χ3v) is 6.09. The van der Waals surface area contributed by atoms with Crippen LogP contribution < -0.4 is 10.6 Å². The molecule has 3 amide bonds. The van der Waals surface area contributed by atoms with Crippen molar-refractivity contribution in [3.05, 3.63) is 60.0 Å². The van der Waals surface area contributed by atoms with Crippen molar-refractivity contribution < 1.29 is 14.4 Å². The highest BCUT2D eigenvalue weighted by atomic mass is 16.2. The van der Waals surface area contributed by atoms with Crippen LogP contribution in [0.4, 0.5) is 5.82 Å². The molecule has 0 bridgehead atoms. The summed E-state index contributed by atoms with van der Waals surface area (Å²) < 4.78 is 0. The molecule has 0 saturated carbocycles. The Bertz CT molecular complexity index is 1100.